The first-order valence-corrected chi connectivity index (χ1v) is 8.84. The van der Waals surface area contributed by atoms with Gasteiger partial charge in [0, 0.05) is 0 Å². The molecule has 0 bridgehead atoms. The number of fused-ring (bicyclic) bond motifs is 1. The van der Waals surface area contributed by atoms with Crippen LogP contribution in [-0.4, -0.2) is 23.0 Å². The molecule has 0 saturated heterocycles. The standard InChI is InChI=1S/C16H11F3N2O2S2/c17-16(18,19)23-12-7-3-1-5-10(12)20-14(22)9-24-15-21-11-6-2-4-8-13(11)25-15/h1-8H,9H2,(H,20,22). The third-order valence-corrected chi connectivity index (χ3v) is 5.17. The number of nitrogens with zero attached hydrogens (tertiary/aromatic N) is 1. The number of rotatable bonds is 5. The summed E-state index contributed by atoms with van der Waals surface area (Å²) in [6.45, 7) is 0. The van der Waals surface area contributed by atoms with Crippen LogP contribution < -0.4 is 10.1 Å². The second kappa shape index (κ2) is 7.32. The van der Waals surface area contributed by atoms with E-state index in [0.29, 0.717) is 0 Å². The second-order valence-corrected chi connectivity index (χ2v) is 7.08. The number of anilines is 1. The highest BCUT2D eigenvalue weighted by molar-refractivity contribution is 8.01. The van der Waals surface area contributed by atoms with Crippen molar-refractivity contribution in [3.8, 4) is 5.75 Å². The van der Waals surface area contributed by atoms with Crippen LogP contribution in [0.3, 0.4) is 0 Å². The van der Waals surface area contributed by atoms with Crippen molar-refractivity contribution in [2.75, 3.05) is 11.1 Å². The lowest BCUT2D eigenvalue weighted by Crippen LogP contribution is -2.20. The molecule has 0 saturated carbocycles. The Morgan fingerprint density at radius 2 is 1.88 bits per heavy atom. The van der Waals surface area contributed by atoms with Gasteiger partial charge in [-0.1, -0.05) is 36.0 Å². The number of benzene rings is 2. The first-order valence-electron chi connectivity index (χ1n) is 7.04. The van der Waals surface area contributed by atoms with Crippen molar-refractivity contribution < 1.29 is 22.7 Å². The number of nitrogens with one attached hydrogen (secondary N) is 1. The highest BCUT2D eigenvalue weighted by Gasteiger charge is 2.32. The third-order valence-electron chi connectivity index (χ3n) is 2.99. The van der Waals surface area contributed by atoms with E-state index in [1.165, 1.54) is 41.3 Å². The highest BCUT2D eigenvalue weighted by Crippen LogP contribution is 2.31. The van der Waals surface area contributed by atoms with Gasteiger partial charge in [0.25, 0.3) is 0 Å². The summed E-state index contributed by atoms with van der Waals surface area (Å²) in [5.41, 5.74) is 0.814. The minimum atomic E-state index is -4.82. The van der Waals surface area contributed by atoms with Crippen LogP contribution in [0.4, 0.5) is 18.9 Å². The number of alkyl halides is 3. The van der Waals surface area contributed by atoms with Gasteiger partial charge in [0.05, 0.1) is 21.7 Å². The molecule has 0 radical (unpaired) electrons. The number of halogens is 3. The lowest BCUT2D eigenvalue weighted by molar-refractivity contribution is -0.274. The minimum Gasteiger partial charge on any atom is -0.404 e. The molecule has 0 unspecified atom stereocenters. The molecule has 2 aromatic carbocycles. The van der Waals surface area contributed by atoms with Crippen molar-refractivity contribution >= 4 is 44.9 Å². The third kappa shape index (κ3) is 4.86. The molecule has 1 amide bonds. The van der Waals surface area contributed by atoms with E-state index >= 15 is 0 Å². The van der Waals surface area contributed by atoms with E-state index in [1.54, 1.807) is 0 Å². The molecule has 9 heteroatoms. The molecule has 0 spiro atoms. The molecule has 1 aromatic heterocycles. The van der Waals surface area contributed by atoms with Gasteiger partial charge in [-0.15, -0.1) is 24.5 Å². The van der Waals surface area contributed by atoms with Gasteiger partial charge in [-0.05, 0) is 24.3 Å². The molecule has 3 rings (SSSR count). The van der Waals surface area contributed by atoms with Crippen LogP contribution in [0.1, 0.15) is 0 Å². The number of carbonyl (C=O) groups is 1. The average Bonchev–Trinajstić information content (AvgIpc) is 2.96. The Hall–Kier alpha value is -2.26. The smallest absolute Gasteiger partial charge is 0.404 e. The molecule has 25 heavy (non-hydrogen) atoms. The lowest BCUT2D eigenvalue weighted by atomic mass is 10.3. The van der Waals surface area contributed by atoms with E-state index in [0.717, 1.165) is 20.6 Å². The number of hydrogen-bond donors (Lipinski definition) is 1. The Labute approximate surface area is 149 Å². The van der Waals surface area contributed by atoms with Crippen molar-refractivity contribution in [1.29, 1.82) is 0 Å². The van der Waals surface area contributed by atoms with Crippen LogP contribution >= 0.6 is 23.1 Å². The molecular formula is C16H11F3N2O2S2. The SMILES string of the molecule is O=C(CSc1nc2ccccc2s1)Nc1ccccc1OC(F)(F)F. The van der Waals surface area contributed by atoms with Crippen LogP contribution in [0.5, 0.6) is 5.75 Å². The molecule has 0 aliphatic carbocycles. The molecule has 1 N–H and O–H groups in total. The van der Waals surface area contributed by atoms with E-state index in [9.17, 15) is 18.0 Å². The molecule has 0 atom stereocenters. The number of hydrogen-bond acceptors (Lipinski definition) is 5. The minimum absolute atomic E-state index is 0.0280. The number of thioether (sulfide) groups is 1. The van der Waals surface area contributed by atoms with Crippen LogP contribution in [0.2, 0.25) is 0 Å². The van der Waals surface area contributed by atoms with E-state index in [4.69, 9.17) is 0 Å². The summed E-state index contributed by atoms with van der Waals surface area (Å²) in [4.78, 5) is 16.4. The fourth-order valence-corrected chi connectivity index (χ4v) is 3.88. The first-order chi connectivity index (χ1) is 11.9. The molecule has 3 aromatic rings. The van der Waals surface area contributed by atoms with Gasteiger partial charge in [0.2, 0.25) is 5.91 Å². The fourth-order valence-electron chi connectivity index (χ4n) is 2.01. The summed E-state index contributed by atoms with van der Waals surface area (Å²) < 4.78 is 42.8. The zero-order valence-corrected chi connectivity index (χ0v) is 14.2. The van der Waals surface area contributed by atoms with Crippen LogP contribution in [-0.2, 0) is 4.79 Å². The average molecular weight is 384 g/mol. The zero-order chi connectivity index (χ0) is 17.9. The predicted molar refractivity (Wildman–Crippen MR) is 92.1 cm³/mol. The van der Waals surface area contributed by atoms with Crippen molar-refractivity contribution in [3.63, 3.8) is 0 Å². The van der Waals surface area contributed by atoms with Crippen molar-refractivity contribution in [3.05, 3.63) is 48.5 Å². The van der Waals surface area contributed by atoms with E-state index in [-0.39, 0.29) is 11.4 Å². The summed E-state index contributed by atoms with van der Waals surface area (Å²) in [7, 11) is 0. The van der Waals surface area contributed by atoms with Crippen LogP contribution in [0.15, 0.2) is 52.9 Å². The summed E-state index contributed by atoms with van der Waals surface area (Å²) >= 11 is 2.68. The molecule has 0 fully saturated rings. The largest absolute Gasteiger partial charge is 0.573 e. The van der Waals surface area contributed by atoms with Crippen molar-refractivity contribution in [2.24, 2.45) is 0 Å². The Balaban J connectivity index is 1.63. The maximum atomic E-state index is 12.4. The molecule has 4 nitrogen and oxygen atoms in total. The lowest BCUT2D eigenvalue weighted by Gasteiger charge is -2.13. The topological polar surface area (TPSA) is 51.2 Å². The van der Waals surface area contributed by atoms with Gasteiger partial charge < -0.3 is 10.1 Å². The quantitative estimate of drug-likeness (QED) is 0.634. The van der Waals surface area contributed by atoms with E-state index in [2.05, 4.69) is 15.0 Å². The van der Waals surface area contributed by atoms with Gasteiger partial charge >= 0.3 is 6.36 Å². The Kier molecular flexibility index (Phi) is 5.14. The monoisotopic (exact) mass is 384 g/mol. The summed E-state index contributed by atoms with van der Waals surface area (Å²) in [6, 6.07) is 13.0. The molecule has 130 valence electrons. The number of ether oxygens (including phenoxy) is 1. The van der Waals surface area contributed by atoms with Gasteiger partial charge in [-0.25, -0.2) is 4.98 Å². The predicted octanol–water partition coefficient (Wildman–Crippen LogP) is 4.93. The van der Waals surface area contributed by atoms with E-state index < -0.39 is 18.0 Å². The Morgan fingerprint density at radius 3 is 2.64 bits per heavy atom. The van der Waals surface area contributed by atoms with E-state index in [1.807, 2.05) is 24.3 Å². The second-order valence-electron chi connectivity index (χ2n) is 4.83. The highest BCUT2D eigenvalue weighted by atomic mass is 32.2. The first kappa shape index (κ1) is 17.6. The Bertz CT molecular complexity index is 863. The van der Waals surface area contributed by atoms with Crippen LogP contribution in [0.25, 0.3) is 10.2 Å². The van der Waals surface area contributed by atoms with Gasteiger partial charge in [-0.2, -0.15) is 0 Å². The summed E-state index contributed by atoms with van der Waals surface area (Å²) in [5.74, 6) is -0.865. The van der Waals surface area contributed by atoms with Crippen molar-refractivity contribution in [1.82, 2.24) is 4.98 Å². The summed E-state index contributed by atoms with van der Waals surface area (Å²) in [5, 5.41) is 2.43. The van der Waals surface area contributed by atoms with Gasteiger partial charge in [-0.3, -0.25) is 4.79 Å². The number of carbonyl (C=O) groups excluding carboxylic acids is 1. The molecule has 0 aliphatic heterocycles. The van der Waals surface area contributed by atoms with Crippen LogP contribution in [0, 0.1) is 0 Å². The molecule has 1 heterocycles. The normalized spacial score (nSPS) is 11.5. The van der Waals surface area contributed by atoms with Crippen molar-refractivity contribution in [2.45, 2.75) is 10.7 Å². The molecular weight excluding hydrogens is 373 g/mol. The zero-order valence-electron chi connectivity index (χ0n) is 12.5. The Morgan fingerprint density at radius 1 is 1.16 bits per heavy atom. The van der Waals surface area contributed by atoms with Gasteiger partial charge in [0.1, 0.15) is 0 Å². The number of para-hydroxylation sites is 3. The summed E-state index contributed by atoms with van der Waals surface area (Å²) in [6.07, 6.45) is -4.82. The van der Waals surface area contributed by atoms with Gasteiger partial charge in [0.15, 0.2) is 10.1 Å². The molecule has 0 aliphatic rings. The maximum Gasteiger partial charge on any atom is 0.573 e. The number of amides is 1. The maximum absolute atomic E-state index is 12.4. The number of aromatic nitrogens is 1. The number of thiazole rings is 1. The fraction of sp³-hybridized carbons (Fsp3) is 0.125.